The lowest BCUT2D eigenvalue weighted by molar-refractivity contribution is -0.385. The molecule has 8 heteroatoms. The highest BCUT2D eigenvalue weighted by Crippen LogP contribution is 2.47. The van der Waals surface area contributed by atoms with Crippen LogP contribution in [0, 0.1) is 16.0 Å². The lowest BCUT2D eigenvalue weighted by Gasteiger charge is -2.40. The number of para-hydroxylation sites is 1. The first kappa shape index (κ1) is 25.5. The first-order valence-electron chi connectivity index (χ1n) is 11.9. The van der Waals surface area contributed by atoms with Gasteiger partial charge in [-0.05, 0) is 65.5 Å². The van der Waals surface area contributed by atoms with Crippen molar-refractivity contribution in [1.82, 2.24) is 4.90 Å². The quantitative estimate of drug-likeness (QED) is 0.331. The lowest BCUT2D eigenvalue weighted by atomic mass is 9.72. The summed E-state index contributed by atoms with van der Waals surface area (Å²) >= 11 is 0. The van der Waals surface area contributed by atoms with Crippen molar-refractivity contribution >= 4 is 17.6 Å². The first-order valence-corrected chi connectivity index (χ1v) is 11.9. The van der Waals surface area contributed by atoms with Crippen LogP contribution in [0.3, 0.4) is 0 Å². The molecule has 8 nitrogen and oxygen atoms in total. The first-order chi connectivity index (χ1) is 16.0. The van der Waals surface area contributed by atoms with Crippen molar-refractivity contribution < 1.29 is 24.0 Å². The van der Waals surface area contributed by atoms with E-state index in [1.54, 1.807) is 52.8 Å². The normalized spacial score (nSPS) is 21.1. The van der Waals surface area contributed by atoms with Crippen LogP contribution in [0.15, 0.2) is 47.2 Å². The van der Waals surface area contributed by atoms with E-state index in [2.05, 4.69) is 4.90 Å². The maximum Gasteiger partial charge on any atom is 0.335 e. The molecule has 184 valence electrons. The average molecular weight is 471 g/mol. The number of hydrogen-bond donors (Lipinski definition) is 0. The number of carbonyl (C=O) groups is 2. The van der Waals surface area contributed by atoms with Crippen LogP contribution >= 0.6 is 0 Å². The van der Waals surface area contributed by atoms with Gasteiger partial charge in [0, 0.05) is 41.9 Å². The van der Waals surface area contributed by atoms with Gasteiger partial charge in [-0.1, -0.05) is 18.2 Å². The van der Waals surface area contributed by atoms with E-state index in [-0.39, 0.29) is 17.9 Å². The van der Waals surface area contributed by atoms with Crippen LogP contribution in [0.1, 0.15) is 65.4 Å². The molecule has 3 rings (SSSR count). The number of nitro benzene ring substituents is 1. The zero-order valence-electron chi connectivity index (χ0n) is 20.6. The molecule has 1 aromatic rings. The van der Waals surface area contributed by atoms with Gasteiger partial charge in [-0.15, -0.1) is 0 Å². The number of allylic oxidation sites excluding steroid dienone is 2. The summed E-state index contributed by atoms with van der Waals surface area (Å²) in [5.74, 6) is -2.89. The number of nitro groups is 1. The highest BCUT2D eigenvalue weighted by Gasteiger charge is 2.46. The number of piperidine rings is 1. The van der Waals surface area contributed by atoms with E-state index in [0.717, 1.165) is 38.0 Å². The summed E-state index contributed by atoms with van der Waals surface area (Å²) in [4.78, 5) is 40.5. The molecule has 0 N–H and O–H groups in total. The minimum absolute atomic E-state index is 0.143. The summed E-state index contributed by atoms with van der Waals surface area (Å²) in [6.45, 7) is 10.5. The molecule has 2 atom stereocenters. The van der Waals surface area contributed by atoms with Gasteiger partial charge in [-0.2, -0.15) is 0 Å². The number of benzene rings is 1. The van der Waals surface area contributed by atoms with Crippen molar-refractivity contribution in [2.24, 2.45) is 5.92 Å². The Bertz CT molecular complexity index is 1010. The van der Waals surface area contributed by atoms with E-state index < -0.39 is 34.3 Å². The smallest absolute Gasteiger partial charge is 0.335 e. The number of carbonyl (C=O) groups excluding carboxylic acids is 2. The topological polar surface area (TPSA) is 99.0 Å². The minimum atomic E-state index is -0.905. The molecular weight excluding hydrogens is 436 g/mol. The van der Waals surface area contributed by atoms with Gasteiger partial charge >= 0.3 is 11.9 Å². The van der Waals surface area contributed by atoms with Crippen LogP contribution in [-0.4, -0.2) is 47.1 Å². The SMILES string of the molecule is CCOC(=O)[C@H]1C(N2CCCCC2)=CC(C)=C(C(=O)OC(C)(C)C)[C@@H]1c1ccccc1[N+](=O)[O-]. The van der Waals surface area contributed by atoms with E-state index >= 15 is 0 Å². The molecule has 0 amide bonds. The average Bonchev–Trinajstić information content (AvgIpc) is 2.77. The van der Waals surface area contributed by atoms with Crippen molar-refractivity contribution in [1.29, 1.82) is 0 Å². The third-order valence-corrected chi connectivity index (χ3v) is 6.10. The Balaban J connectivity index is 2.27. The second-order valence-corrected chi connectivity index (χ2v) is 9.74. The van der Waals surface area contributed by atoms with Crippen molar-refractivity contribution in [2.75, 3.05) is 19.7 Å². The molecule has 34 heavy (non-hydrogen) atoms. The van der Waals surface area contributed by atoms with Gasteiger partial charge in [0.1, 0.15) is 11.5 Å². The molecule has 0 saturated carbocycles. The van der Waals surface area contributed by atoms with Crippen LogP contribution < -0.4 is 0 Å². The maximum absolute atomic E-state index is 13.5. The number of nitrogens with zero attached hydrogens (tertiary/aromatic N) is 2. The number of esters is 2. The van der Waals surface area contributed by atoms with Crippen molar-refractivity contribution in [3.8, 4) is 0 Å². The van der Waals surface area contributed by atoms with E-state index in [4.69, 9.17) is 9.47 Å². The zero-order valence-corrected chi connectivity index (χ0v) is 20.6. The fraction of sp³-hybridized carbons (Fsp3) is 0.538. The van der Waals surface area contributed by atoms with Crippen molar-refractivity contribution in [3.63, 3.8) is 0 Å². The van der Waals surface area contributed by atoms with E-state index in [1.807, 2.05) is 6.08 Å². The number of ether oxygens (including phenoxy) is 2. The predicted molar refractivity (Wildman–Crippen MR) is 128 cm³/mol. The Hall–Kier alpha value is -3.16. The standard InChI is InChI=1S/C26H34N2O6/c1-6-33-24(29)23-20(27-14-10-7-11-15-27)16-17(2)21(25(30)34-26(3,4)5)22(23)18-12-8-9-13-19(18)28(31)32/h8-9,12-13,16,22-23H,6-7,10-11,14-15H2,1-5H3/t22-,23-/m0/s1. The third kappa shape index (κ3) is 5.48. The molecule has 0 unspecified atom stereocenters. The van der Waals surface area contributed by atoms with Crippen LogP contribution in [-0.2, 0) is 19.1 Å². The fourth-order valence-corrected chi connectivity index (χ4v) is 4.77. The molecule has 0 spiro atoms. The molecule has 0 bridgehead atoms. The maximum atomic E-state index is 13.5. The van der Waals surface area contributed by atoms with Gasteiger partial charge in [0.2, 0.25) is 0 Å². The predicted octanol–water partition coefficient (Wildman–Crippen LogP) is 4.90. The van der Waals surface area contributed by atoms with Gasteiger partial charge in [0.25, 0.3) is 5.69 Å². The van der Waals surface area contributed by atoms with Crippen molar-refractivity contribution in [3.05, 3.63) is 62.9 Å². The summed E-state index contributed by atoms with van der Waals surface area (Å²) < 4.78 is 11.2. The highest BCUT2D eigenvalue weighted by atomic mass is 16.6. The molecule has 1 heterocycles. The van der Waals surface area contributed by atoms with Crippen LogP contribution in [0.5, 0.6) is 0 Å². The largest absolute Gasteiger partial charge is 0.465 e. The lowest BCUT2D eigenvalue weighted by Crippen LogP contribution is -2.42. The molecule has 1 saturated heterocycles. The second-order valence-electron chi connectivity index (χ2n) is 9.74. The number of likely N-dealkylation sites (tertiary alicyclic amines) is 1. The molecule has 1 fully saturated rings. The molecule has 1 aromatic carbocycles. The van der Waals surface area contributed by atoms with E-state index in [0.29, 0.717) is 11.1 Å². The highest BCUT2D eigenvalue weighted by molar-refractivity contribution is 5.95. The van der Waals surface area contributed by atoms with Crippen LogP contribution in [0.4, 0.5) is 5.69 Å². The molecule has 2 aliphatic rings. The summed E-state index contributed by atoms with van der Waals surface area (Å²) in [5.41, 5.74) is 1.02. The van der Waals surface area contributed by atoms with Gasteiger partial charge in [0.15, 0.2) is 0 Å². The van der Waals surface area contributed by atoms with Crippen LogP contribution in [0.2, 0.25) is 0 Å². The van der Waals surface area contributed by atoms with E-state index in [9.17, 15) is 19.7 Å². The molecular formula is C26H34N2O6. The summed E-state index contributed by atoms with van der Waals surface area (Å²) in [6.07, 6.45) is 4.95. The number of hydrogen-bond acceptors (Lipinski definition) is 7. The summed E-state index contributed by atoms with van der Waals surface area (Å²) in [7, 11) is 0. The zero-order chi connectivity index (χ0) is 25.0. The fourth-order valence-electron chi connectivity index (χ4n) is 4.77. The minimum Gasteiger partial charge on any atom is -0.465 e. The van der Waals surface area contributed by atoms with Gasteiger partial charge < -0.3 is 14.4 Å². The van der Waals surface area contributed by atoms with E-state index in [1.165, 1.54) is 6.07 Å². The Morgan fingerprint density at radius 3 is 2.38 bits per heavy atom. The Kier molecular flexibility index (Phi) is 7.79. The van der Waals surface area contributed by atoms with Gasteiger partial charge in [-0.3, -0.25) is 14.9 Å². The second kappa shape index (κ2) is 10.4. The molecule has 1 aliphatic carbocycles. The van der Waals surface area contributed by atoms with Crippen LogP contribution in [0.25, 0.3) is 0 Å². The molecule has 1 aliphatic heterocycles. The monoisotopic (exact) mass is 470 g/mol. The molecule has 0 radical (unpaired) electrons. The van der Waals surface area contributed by atoms with Gasteiger partial charge in [0.05, 0.1) is 11.5 Å². The Morgan fingerprint density at radius 1 is 1.15 bits per heavy atom. The van der Waals surface area contributed by atoms with Gasteiger partial charge in [-0.25, -0.2) is 4.79 Å². The Labute approximate surface area is 200 Å². The number of rotatable bonds is 6. The summed E-state index contributed by atoms with van der Waals surface area (Å²) in [5, 5.41) is 12.0. The third-order valence-electron chi connectivity index (χ3n) is 6.10. The molecule has 0 aromatic heterocycles. The summed E-state index contributed by atoms with van der Waals surface area (Å²) in [6, 6.07) is 6.28. The van der Waals surface area contributed by atoms with Crippen molar-refractivity contribution in [2.45, 2.75) is 65.4 Å². The Morgan fingerprint density at radius 2 is 1.79 bits per heavy atom.